The standard InChI is InChI=1S/C18H19N5O5S/c1-22(10-13-11-27-16-5-3-4-6-17(16)28-13)29(24,25)14-7-8-15(18(9-14)26-2)23-12-19-20-21-23/h3-9,12-13H,10-11H2,1-2H3/t13-/m0/s1. The molecule has 10 nitrogen and oxygen atoms in total. The molecule has 0 amide bonds. The molecule has 0 aliphatic carbocycles. The molecule has 0 radical (unpaired) electrons. The van der Waals surface area contributed by atoms with Gasteiger partial charge in [-0.15, -0.1) is 5.10 Å². The molecule has 152 valence electrons. The molecule has 1 aliphatic rings. The minimum absolute atomic E-state index is 0.0887. The molecule has 0 spiro atoms. The molecule has 2 aromatic carbocycles. The molecule has 11 heteroatoms. The Bertz CT molecular complexity index is 1100. The largest absolute Gasteiger partial charge is 0.494 e. The van der Waals surface area contributed by atoms with Crippen molar-refractivity contribution in [3.8, 4) is 22.9 Å². The minimum Gasteiger partial charge on any atom is -0.494 e. The number of benzene rings is 2. The molecule has 0 saturated carbocycles. The van der Waals surface area contributed by atoms with Gasteiger partial charge in [0, 0.05) is 13.1 Å². The smallest absolute Gasteiger partial charge is 0.243 e. The van der Waals surface area contributed by atoms with Crippen LogP contribution in [0.25, 0.3) is 5.69 Å². The molecule has 0 N–H and O–H groups in total. The van der Waals surface area contributed by atoms with E-state index in [1.165, 1.54) is 41.6 Å². The summed E-state index contributed by atoms with van der Waals surface area (Å²) in [6, 6.07) is 11.8. The van der Waals surface area contributed by atoms with Gasteiger partial charge in [-0.25, -0.2) is 8.42 Å². The molecule has 0 saturated heterocycles. The van der Waals surface area contributed by atoms with E-state index < -0.39 is 16.1 Å². The molecular weight excluding hydrogens is 398 g/mol. The molecule has 2 heterocycles. The van der Waals surface area contributed by atoms with Gasteiger partial charge in [-0.2, -0.15) is 8.99 Å². The fourth-order valence-electron chi connectivity index (χ4n) is 3.00. The molecule has 1 atom stereocenters. The molecule has 1 aliphatic heterocycles. The Kier molecular flexibility index (Phi) is 5.07. The van der Waals surface area contributed by atoms with E-state index in [1.54, 1.807) is 12.1 Å². The highest BCUT2D eigenvalue weighted by atomic mass is 32.2. The van der Waals surface area contributed by atoms with E-state index in [1.807, 2.05) is 18.2 Å². The number of tetrazole rings is 1. The topological polar surface area (TPSA) is 109 Å². The summed E-state index contributed by atoms with van der Waals surface area (Å²) in [7, 11) is -0.824. The summed E-state index contributed by atoms with van der Waals surface area (Å²) in [5.41, 5.74) is 0.528. The van der Waals surface area contributed by atoms with Crippen molar-refractivity contribution in [3.63, 3.8) is 0 Å². The van der Waals surface area contributed by atoms with E-state index in [0.717, 1.165) is 0 Å². The second kappa shape index (κ2) is 7.68. The lowest BCUT2D eigenvalue weighted by Crippen LogP contribution is -2.41. The normalized spacial score (nSPS) is 16.0. The van der Waals surface area contributed by atoms with Crippen LogP contribution in [0.2, 0.25) is 0 Å². The number of ether oxygens (including phenoxy) is 3. The van der Waals surface area contributed by atoms with E-state index in [-0.39, 0.29) is 18.0 Å². The lowest BCUT2D eigenvalue weighted by molar-refractivity contribution is 0.0798. The molecule has 0 bridgehead atoms. The monoisotopic (exact) mass is 417 g/mol. The van der Waals surface area contributed by atoms with Crippen LogP contribution in [0, 0.1) is 0 Å². The zero-order chi connectivity index (χ0) is 20.4. The number of sulfonamides is 1. The molecule has 4 rings (SSSR count). The van der Waals surface area contributed by atoms with Gasteiger partial charge in [0.05, 0.1) is 18.6 Å². The predicted octanol–water partition coefficient (Wildman–Crippen LogP) is 1.13. The first-order valence-electron chi connectivity index (χ1n) is 8.75. The fourth-order valence-corrected chi connectivity index (χ4v) is 4.22. The van der Waals surface area contributed by atoms with Crippen LogP contribution in [-0.4, -0.2) is 66.3 Å². The molecule has 0 fully saturated rings. The summed E-state index contributed by atoms with van der Waals surface area (Å²) in [5.74, 6) is 1.58. The van der Waals surface area contributed by atoms with Crippen LogP contribution >= 0.6 is 0 Å². The first-order valence-corrected chi connectivity index (χ1v) is 10.2. The maximum absolute atomic E-state index is 13.0. The van der Waals surface area contributed by atoms with Crippen molar-refractivity contribution in [2.75, 3.05) is 27.3 Å². The van der Waals surface area contributed by atoms with Crippen LogP contribution in [0.15, 0.2) is 53.7 Å². The van der Waals surface area contributed by atoms with E-state index in [9.17, 15) is 8.42 Å². The van der Waals surface area contributed by atoms with Crippen LogP contribution in [0.4, 0.5) is 0 Å². The van der Waals surface area contributed by atoms with Crippen LogP contribution in [-0.2, 0) is 10.0 Å². The summed E-state index contributed by atoms with van der Waals surface area (Å²) in [5, 5.41) is 11.0. The van der Waals surface area contributed by atoms with Gasteiger partial charge in [0.2, 0.25) is 10.0 Å². The number of hydrogen-bond acceptors (Lipinski definition) is 8. The average Bonchev–Trinajstić information content (AvgIpc) is 3.27. The fraction of sp³-hybridized carbons (Fsp3) is 0.278. The van der Waals surface area contributed by atoms with Crippen LogP contribution in [0.5, 0.6) is 17.2 Å². The third-order valence-corrected chi connectivity index (χ3v) is 6.30. The van der Waals surface area contributed by atoms with Gasteiger partial charge >= 0.3 is 0 Å². The number of rotatable bonds is 6. The molecule has 29 heavy (non-hydrogen) atoms. The maximum Gasteiger partial charge on any atom is 0.243 e. The summed E-state index contributed by atoms with van der Waals surface area (Å²) in [4.78, 5) is 0.0887. The van der Waals surface area contributed by atoms with Crippen molar-refractivity contribution in [1.29, 1.82) is 0 Å². The Morgan fingerprint density at radius 1 is 1.24 bits per heavy atom. The molecule has 1 aromatic heterocycles. The van der Waals surface area contributed by atoms with Crippen LogP contribution in [0.3, 0.4) is 0 Å². The second-order valence-corrected chi connectivity index (χ2v) is 8.42. The van der Waals surface area contributed by atoms with Crippen LogP contribution < -0.4 is 14.2 Å². The number of likely N-dealkylation sites (N-methyl/N-ethyl adjacent to an activating group) is 1. The Morgan fingerprint density at radius 3 is 2.76 bits per heavy atom. The van der Waals surface area contributed by atoms with Crippen molar-refractivity contribution < 1.29 is 22.6 Å². The number of aromatic nitrogens is 4. The summed E-state index contributed by atoms with van der Waals surface area (Å²) < 4.78 is 45.6. The minimum atomic E-state index is -3.78. The van der Waals surface area contributed by atoms with Gasteiger partial charge in [0.25, 0.3) is 0 Å². The molecular formula is C18H19N5O5S. The number of methoxy groups -OCH3 is 1. The second-order valence-electron chi connectivity index (χ2n) is 6.37. The van der Waals surface area contributed by atoms with Crippen LogP contribution in [0.1, 0.15) is 0 Å². The van der Waals surface area contributed by atoms with Crippen molar-refractivity contribution in [2.24, 2.45) is 0 Å². The summed E-state index contributed by atoms with van der Waals surface area (Å²) >= 11 is 0. The average molecular weight is 417 g/mol. The third kappa shape index (κ3) is 3.74. The van der Waals surface area contributed by atoms with Crippen molar-refractivity contribution in [2.45, 2.75) is 11.0 Å². The highest BCUT2D eigenvalue weighted by Crippen LogP contribution is 2.32. The van der Waals surface area contributed by atoms with Gasteiger partial charge in [0.15, 0.2) is 11.5 Å². The van der Waals surface area contributed by atoms with Crippen molar-refractivity contribution in [1.82, 2.24) is 24.5 Å². The van der Waals surface area contributed by atoms with E-state index in [4.69, 9.17) is 14.2 Å². The number of fused-ring (bicyclic) bond motifs is 1. The Balaban J connectivity index is 1.53. The first kappa shape index (κ1) is 19.2. The Morgan fingerprint density at radius 2 is 2.03 bits per heavy atom. The van der Waals surface area contributed by atoms with E-state index >= 15 is 0 Å². The van der Waals surface area contributed by atoms with Gasteiger partial charge in [0.1, 0.15) is 30.5 Å². The molecule has 3 aromatic rings. The highest BCUT2D eigenvalue weighted by molar-refractivity contribution is 7.89. The zero-order valence-electron chi connectivity index (χ0n) is 15.8. The van der Waals surface area contributed by atoms with Crippen molar-refractivity contribution >= 4 is 10.0 Å². The summed E-state index contributed by atoms with van der Waals surface area (Å²) in [6.07, 6.45) is 0.975. The summed E-state index contributed by atoms with van der Waals surface area (Å²) in [6.45, 7) is 0.395. The SMILES string of the molecule is COc1cc(S(=O)(=O)N(C)C[C@H]2COc3ccccc3O2)ccc1-n1cnnn1. The Hall–Kier alpha value is -3.18. The highest BCUT2D eigenvalue weighted by Gasteiger charge is 2.28. The van der Waals surface area contributed by atoms with Gasteiger partial charge in [-0.1, -0.05) is 12.1 Å². The third-order valence-electron chi connectivity index (χ3n) is 4.48. The Labute approximate surface area is 167 Å². The number of nitrogens with zero attached hydrogens (tertiary/aromatic N) is 5. The van der Waals surface area contributed by atoms with Gasteiger partial charge in [-0.3, -0.25) is 0 Å². The predicted molar refractivity (Wildman–Crippen MR) is 102 cm³/mol. The first-order chi connectivity index (χ1) is 14.0. The zero-order valence-corrected chi connectivity index (χ0v) is 16.6. The molecule has 0 unspecified atom stereocenters. The van der Waals surface area contributed by atoms with E-state index in [0.29, 0.717) is 22.9 Å². The quantitative estimate of drug-likeness (QED) is 0.587. The maximum atomic E-state index is 13.0. The number of hydrogen-bond donors (Lipinski definition) is 0. The van der Waals surface area contributed by atoms with E-state index in [2.05, 4.69) is 15.5 Å². The van der Waals surface area contributed by atoms with Gasteiger partial charge < -0.3 is 14.2 Å². The lowest BCUT2D eigenvalue weighted by Gasteiger charge is -2.29. The van der Waals surface area contributed by atoms with Gasteiger partial charge in [-0.05, 0) is 34.7 Å². The number of para-hydroxylation sites is 2. The van der Waals surface area contributed by atoms with Crippen molar-refractivity contribution in [3.05, 3.63) is 48.8 Å². The lowest BCUT2D eigenvalue weighted by atomic mass is 10.2.